The maximum atomic E-state index is 12.8. The monoisotopic (exact) mass is 451 g/mol. The molecule has 1 aromatic heterocycles. The van der Waals surface area contributed by atoms with Gasteiger partial charge >= 0.3 is 0 Å². The summed E-state index contributed by atoms with van der Waals surface area (Å²) < 4.78 is 0. The first-order valence-electron chi connectivity index (χ1n) is 9.57. The Balaban J connectivity index is 1.53. The fourth-order valence-corrected chi connectivity index (χ4v) is 4.41. The number of hydrogen-bond acceptors (Lipinski definition) is 4. The van der Waals surface area contributed by atoms with Crippen molar-refractivity contribution in [3.8, 4) is 0 Å². The van der Waals surface area contributed by atoms with Gasteiger partial charge in [0.15, 0.2) is 0 Å². The van der Waals surface area contributed by atoms with Crippen molar-refractivity contribution in [3.05, 3.63) is 58.3 Å². The molecular formula is C21H23Cl2N3O2S. The smallest absolute Gasteiger partial charge is 0.247 e. The number of thioether (sulfide) groups is 1. The number of carbonyl (C=O) groups is 2. The van der Waals surface area contributed by atoms with E-state index < -0.39 is 6.04 Å². The first kappa shape index (κ1) is 21.9. The largest absolute Gasteiger partial charge is 0.331 e. The molecule has 0 spiro atoms. The third-order valence-electron chi connectivity index (χ3n) is 4.75. The molecule has 0 aliphatic carbocycles. The summed E-state index contributed by atoms with van der Waals surface area (Å²) in [5.41, 5.74) is 1.58. The number of anilines is 1. The number of benzene rings is 1. The first-order chi connectivity index (χ1) is 14.0. The predicted octanol–water partition coefficient (Wildman–Crippen LogP) is 5.03. The summed E-state index contributed by atoms with van der Waals surface area (Å²) >= 11 is 13.6. The van der Waals surface area contributed by atoms with Crippen molar-refractivity contribution in [3.63, 3.8) is 0 Å². The maximum absolute atomic E-state index is 12.8. The normalized spacial score (nSPS) is 16.5. The van der Waals surface area contributed by atoms with E-state index in [9.17, 15) is 9.59 Å². The van der Waals surface area contributed by atoms with E-state index in [4.69, 9.17) is 23.2 Å². The van der Waals surface area contributed by atoms with E-state index in [2.05, 4.69) is 10.3 Å². The fourth-order valence-electron chi connectivity index (χ4n) is 3.27. The van der Waals surface area contributed by atoms with Crippen molar-refractivity contribution in [1.29, 1.82) is 0 Å². The second-order valence-electron chi connectivity index (χ2n) is 6.84. The standard InChI is InChI=1S/C21H23Cl2N3O2S/c22-17-8-7-15(13-18(17)23)25-21(28)19-6-2-4-11-26(19)20(27)9-12-29-14-16-5-1-3-10-24-16/h1,3,5,7-8,10,13,19H,2,4,6,9,11-12,14H2,(H,25,28). The van der Waals surface area contributed by atoms with Crippen molar-refractivity contribution in [2.75, 3.05) is 17.6 Å². The molecule has 1 unspecified atom stereocenters. The van der Waals surface area contributed by atoms with E-state index in [1.165, 1.54) is 0 Å². The van der Waals surface area contributed by atoms with Crippen LogP contribution < -0.4 is 5.32 Å². The van der Waals surface area contributed by atoms with Crippen LogP contribution in [-0.2, 0) is 15.3 Å². The Hall–Kier alpha value is -1.76. The van der Waals surface area contributed by atoms with Crippen LogP contribution in [0.15, 0.2) is 42.6 Å². The van der Waals surface area contributed by atoms with Gasteiger partial charge in [-0.05, 0) is 49.6 Å². The number of aromatic nitrogens is 1. The molecule has 1 aromatic carbocycles. The minimum atomic E-state index is -0.452. The third-order valence-corrected chi connectivity index (χ3v) is 6.48. The van der Waals surface area contributed by atoms with Crippen LogP contribution in [0.3, 0.4) is 0 Å². The molecule has 1 aliphatic heterocycles. The van der Waals surface area contributed by atoms with Gasteiger partial charge in [-0.15, -0.1) is 0 Å². The summed E-state index contributed by atoms with van der Waals surface area (Å²) in [6.45, 7) is 0.614. The maximum Gasteiger partial charge on any atom is 0.247 e. The number of piperidine rings is 1. The van der Waals surface area contributed by atoms with E-state index in [0.717, 1.165) is 24.3 Å². The SMILES string of the molecule is O=C(Nc1ccc(Cl)c(Cl)c1)C1CCCCN1C(=O)CCSCc1ccccn1. The van der Waals surface area contributed by atoms with E-state index in [1.54, 1.807) is 41.1 Å². The minimum Gasteiger partial charge on any atom is -0.331 e. The number of hydrogen-bond donors (Lipinski definition) is 1. The fraction of sp³-hybridized carbons (Fsp3) is 0.381. The Bertz CT molecular complexity index is 851. The van der Waals surface area contributed by atoms with Crippen LogP contribution >= 0.6 is 35.0 Å². The summed E-state index contributed by atoms with van der Waals surface area (Å²) in [6.07, 6.45) is 4.70. The van der Waals surface area contributed by atoms with Gasteiger partial charge in [0, 0.05) is 36.4 Å². The Kier molecular flexibility index (Phi) is 8.21. The highest BCUT2D eigenvalue weighted by molar-refractivity contribution is 7.98. The van der Waals surface area contributed by atoms with Crippen molar-refractivity contribution in [1.82, 2.24) is 9.88 Å². The second-order valence-corrected chi connectivity index (χ2v) is 8.76. The molecule has 5 nitrogen and oxygen atoms in total. The van der Waals surface area contributed by atoms with E-state index in [0.29, 0.717) is 40.9 Å². The zero-order chi connectivity index (χ0) is 20.6. The zero-order valence-corrected chi connectivity index (χ0v) is 18.3. The van der Waals surface area contributed by atoms with Crippen LogP contribution in [-0.4, -0.2) is 40.0 Å². The molecule has 0 bridgehead atoms. The van der Waals surface area contributed by atoms with Gasteiger partial charge in [-0.2, -0.15) is 11.8 Å². The highest BCUT2D eigenvalue weighted by Gasteiger charge is 2.31. The molecule has 8 heteroatoms. The molecule has 1 N–H and O–H groups in total. The molecule has 2 aromatic rings. The Morgan fingerprint density at radius 3 is 2.79 bits per heavy atom. The highest BCUT2D eigenvalue weighted by atomic mass is 35.5. The molecule has 0 saturated carbocycles. The van der Waals surface area contributed by atoms with Crippen LogP contribution in [0.25, 0.3) is 0 Å². The lowest BCUT2D eigenvalue weighted by Gasteiger charge is -2.34. The number of halogens is 2. The number of carbonyl (C=O) groups excluding carboxylic acids is 2. The summed E-state index contributed by atoms with van der Waals surface area (Å²) in [6, 6.07) is 10.3. The summed E-state index contributed by atoms with van der Waals surface area (Å²) in [5.74, 6) is 1.31. The molecule has 0 radical (unpaired) electrons. The van der Waals surface area contributed by atoms with Gasteiger partial charge in [-0.1, -0.05) is 29.3 Å². The van der Waals surface area contributed by atoms with Crippen LogP contribution in [0, 0.1) is 0 Å². The van der Waals surface area contributed by atoms with Gasteiger partial charge in [-0.25, -0.2) is 0 Å². The third kappa shape index (κ3) is 6.36. The van der Waals surface area contributed by atoms with Crippen molar-refractivity contribution >= 4 is 52.5 Å². The number of rotatable bonds is 7. The van der Waals surface area contributed by atoms with Crippen LogP contribution in [0.5, 0.6) is 0 Å². The molecule has 29 heavy (non-hydrogen) atoms. The van der Waals surface area contributed by atoms with Crippen molar-refractivity contribution in [2.24, 2.45) is 0 Å². The van der Waals surface area contributed by atoms with Gasteiger partial charge in [0.1, 0.15) is 6.04 Å². The Morgan fingerprint density at radius 2 is 2.03 bits per heavy atom. The first-order valence-corrected chi connectivity index (χ1v) is 11.5. The van der Waals surface area contributed by atoms with Gasteiger partial charge in [-0.3, -0.25) is 14.6 Å². The van der Waals surface area contributed by atoms with E-state index in [1.807, 2.05) is 18.2 Å². The lowest BCUT2D eigenvalue weighted by molar-refractivity contribution is -0.140. The molecule has 2 heterocycles. The van der Waals surface area contributed by atoms with Gasteiger partial charge < -0.3 is 10.2 Å². The van der Waals surface area contributed by atoms with Crippen LogP contribution in [0.1, 0.15) is 31.4 Å². The summed E-state index contributed by atoms with van der Waals surface area (Å²) in [5, 5.41) is 3.68. The summed E-state index contributed by atoms with van der Waals surface area (Å²) in [7, 11) is 0. The molecule has 1 aliphatic rings. The summed E-state index contributed by atoms with van der Waals surface area (Å²) in [4.78, 5) is 31.6. The predicted molar refractivity (Wildman–Crippen MR) is 119 cm³/mol. The van der Waals surface area contributed by atoms with Gasteiger partial charge in [0.25, 0.3) is 0 Å². The number of pyridine rings is 1. The highest BCUT2D eigenvalue weighted by Crippen LogP contribution is 2.26. The molecule has 1 saturated heterocycles. The molecule has 1 atom stereocenters. The van der Waals surface area contributed by atoms with E-state index >= 15 is 0 Å². The van der Waals surface area contributed by atoms with E-state index in [-0.39, 0.29) is 11.8 Å². The molecule has 3 rings (SSSR count). The quantitative estimate of drug-likeness (QED) is 0.599. The number of nitrogens with one attached hydrogen (secondary N) is 1. The number of amides is 2. The second kappa shape index (κ2) is 10.9. The Morgan fingerprint density at radius 1 is 1.17 bits per heavy atom. The molecule has 2 amide bonds. The Labute approximate surface area is 185 Å². The van der Waals surface area contributed by atoms with Gasteiger partial charge in [0.2, 0.25) is 11.8 Å². The zero-order valence-electron chi connectivity index (χ0n) is 15.9. The molecule has 1 fully saturated rings. The van der Waals surface area contributed by atoms with Crippen LogP contribution in [0.4, 0.5) is 5.69 Å². The average Bonchev–Trinajstić information content (AvgIpc) is 2.74. The average molecular weight is 452 g/mol. The van der Waals surface area contributed by atoms with Crippen LogP contribution in [0.2, 0.25) is 10.0 Å². The molecular weight excluding hydrogens is 429 g/mol. The number of likely N-dealkylation sites (tertiary alicyclic amines) is 1. The van der Waals surface area contributed by atoms with Gasteiger partial charge in [0.05, 0.1) is 15.7 Å². The lowest BCUT2D eigenvalue weighted by Crippen LogP contribution is -2.50. The molecule has 154 valence electrons. The lowest BCUT2D eigenvalue weighted by atomic mass is 10.0. The number of nitrogens with zero attached hydrogens (tertiary/aromatic N) is 2. The van der Waals surface area contributed by atoms with Crippen molar-refractivity contribution in [2.45, 2.75) is 37.5 Å². The van der Waals surface area contributed by atoms with Crippen molar-refractivity contribution < 1.29 is 9.59 Å². The topological polar surface area (TPSA) is 62.3 Å². The minimum absolute atomic E-state index is 0.0208.